The number of hydrogen-bond acceptors (Lipinski definition) is 3. The molecule has 25 heavy (non-hydrogen) atoms. The molecule has 2 fully saturated rings. The summed E-state index contributed by atoms with van der Waals surface area (Å²) in [4.78, 5) is 14.2. The van der Waals surface area contributed by atoms with E-state index >= 15 is 0 Å². The molecule has 1 aromatic carbocycles. The van der Waals surface area contributed by atoms with Gasteiger partial charge in [0.25, 0.3) is 0 Å². The van der Waals surface area contributed by atoms with Gasteiger partial charge in [0, 0.05) is 25.1 Å². The summed E-state index contributed by atoms with van der Waals surface area (Å²) >= 11 is 0. The predicted octanol–water partition coefficient (Wildman–Crippen LogP) is 3.70. The van der Waals surface area contributed by atoms with Gasteiger partial charge in [-0.3, -0.25) is 9.69 Å². The van der Waals surface area contributed by atoms with E-state index in [-0.39, 0.29) is 5.91 Å². The number of rotatable bonds is 4. The van der Waals surface area contributed by atoms with Crippen LogP contribution in [0.5, 0.6) is 5.75 Å². The molecule has 2 aliphatic heterocycles. The van der Waals surface area contributed by atoms with Crippen molar-refractivity contribution in [3.63, 3.8) is 0 Å². The van der Waals surface area contributed by atoms with Crippen LogP contribution in [0.25, 0.3) is 0 Å². The fraction of sp³-hybridized carbons (Fsp3) is 0.667. The molecule has 0 aromatic heterocycles. The zero-order chi connectivity index (χ0) is 17.9. The standard InChI is InChI=1S/C21H32N2O2/c1-16(2)17-4-5-19(25-3)18(14-17)15-23-12-9-21(10-13-23)7-6-20(24)22-11-8-21/h4-5,14,16H,6-13,15H2,1-3H3,(H,22,24). The summed E-state index contributed by atoms with van der Waals surface area (Å²) in [6.45, 7) is 8.50. The van der Waals surface area contributed by atoms with E-state index in [0.717, 1.165) is 44.8 Å². The van der Waals surface area contributed by atoms with Crippen molar-refractivity contribution in [3.8, 4) is 5.75 Å². The molecular weight excluding hydrogens is 312 g/mol. The van der Waals surface area contributed by atoms with E-state index in [1.807, 2.05) is 0 Å². The number of benzene rings is 1. The molecule has 0 atom stereocenters. The van der Waals surface area contributed by atoms with Crippen LogP contribution in [0.3, 0.4) is 0 Å². The largest absolute Gasteiger partial charge is 0.496 e. The van der Waals surface area contributed by atoms with Crippen LogP contribution < -0.4 is 10.1 Å². The summed E-state index contributed by atoms with van der Waals surface area (Å²) in [6.07, 6.45) is 5.30. The Labute approximate surface area is 151 Å². The molecule has 1 aromatic rings. The van der Waals surface area contributed by atoms with E-state index < -0.39 is 0 Å². The molecule has 3 rings (SSSR count). The van der Waals surface area contributed by atoms with Crippen molar-refractivity contribution < 1.29 is 9.53 Å². The number of nitrogens with one attached hydrogen (secondary N) is 1. The molecule has 0 radical (unpaired) electrons. The maximum absolute atomic E-state index is 11.6. The third-order valence-corrected chi connectivity index (χ3v) is 6.14. The molecule has 2 heterocycles. The summed E-state index contributed by atoms with van der Waals surface area (Å²) in [7, 11) is 1.76. The first-order valence-corrected chi connectivity index (χ1v) is 9.67. The van der Waals surface area contributed by atoms with E-state index in [9.17, 15) is 4.79 Å². The third-order valence-electron chi connectivity index (χ3n) is 6.14. The van der Waals surface area contributed by atoms with Gasteiger partial charge in [0.15, 0.2) is 0 Å². The Morgan fingerprint density at radius 1 is 1.20 bits per heavy atom. The van der Waals surface area contributed by atoms with Crippen LogP contribution in [-0.4, -0.2) is 37.6 Å². The van der Waals surface area contributed by atoms with Gasteiger partial charge in [0.1, 0.15) is 5.75 Å². The Morgan fingerprint density at radius 2 is 1.96 bits per heavy atom. The molecule has 0 saturated carbocycles. The molecule has 1 N–H and O–H groups in total. The minimum Gasteiger partial charge on any atom is -0.496 e. The maximum atomic E-state index is 11.6. The summed E-state index contributed by atoms with van der Waals surface area (Å²) in [5.41, 5.74) is 3.04. The van der Waals surface area contributed by atoms with E-state index in [4.69, 9.17) is 4.74 Å². The maximum Gasteiger partial charge on any atom is 0.220 e. The molecule has 2 aliphatic rings. The molecule has 4 nitrogen and oxygen atoms in total. The van der Waals surface area contributed by atoms with Crippen LogP contribution in [0.15, 0.2) is 18.2 Å². The minimum absolute atomic E-state index is 0.231. The van der Waals surface area contributed by atoms with Crippen LogP contribution in [0.2, 0.25) is 0 Å². The fourth-order valence-electron chi connectivity index (χ4n) is 4.27. The third kappa shape index (κ3) is 4.35. The van der Waals surface area contributed by atoms with Crippen molar-refractivity contribution in [2.45, 2.75) is 58.4 Å². The molecule has 0 unspecified atom stereocenters. The molecular formula is C21H32N2O2. The number of carbonyl (C=O) groups is 1. The molecule has 1 amide bonds. The lowest BCUT2D eigenvalue weighted by Crippen LogP contribution is -2.40. The normalized spacial score (nSPS) is 21.2. The average molecular weight is 344 g/mol. The smallest absolute Gasteiger partial charge is 0.220 e. The van der Waals surface area contributed by atoms with E-state index in [1.54, 1.807) is 7.11 Å². The lowest BCUT2D eigenvalue weighted by Gasteiger charge is -2.41. The van der Waals surface area contributed by atoms with Gasteiger partial charge in [-0.1, -0.05) is 26.0 Å². The molecule has 4 heteroatoms. The topological polar surface area (TPSA) is 41.6 Å². The lowest BCUT2D eigenvalue weighted by atomic mass is 9.73. The van der Waals surface area contributed by atoms with Crippen LogP contribution in [0, 0.1) is 5.41 Å². The van der Waals surface area contributed by atoms with Gasteiger partial charge in [-0.25, -0.2) is 0 Å². The van der Waals surface area contributed by atoms with Gasteiger partial charge in [0.05, 0.1) is 7.11 Å². The van der Waals surface area contributed by atoms with E-state index in [2.05, 4.69) is 42.3 Å². The van der Waals surface area contributed by atoms with Gasteiger partial charge in [-0.05, 0) is 61.7 Å². The van der Waals surface area contributed by atoms with Crippen molar-refractivity contribution in [3.05, 3.63) is 29.3 Å². The number of piperidine rings is 1. The Kier molecular flexibility index (Phi) is 5.67. The second kappa shape index (κ2) is 7.77. The van der Waals surface area contributed by atoms with Crippen LogP contribution in [-0.2, 0) is 11.3 Å². The number of carbonyl (C=O) groups excluding carboxylic acids is 1. The zero-order valence-corrected chi connectivity index (χ0v) is 15.9. The first kappa shape index (κ1) is 18.2. The van der Waals surface area contributed by atoms with Gasteiger partial charge in [-0.2, -0.15) is 0 Å². The van der Waals surface area contributed by atoms with Crippen LogP contribution >= 0.6 is 0 Å². The highest BCUT2D eigenvalue weighted by atomic mass is 16.5. The first-order valence-electron chi connectivity index (χ1n) is 9.67. The summed E-state index contributed by atoms with van der Waals surface area (Å²) in [6, 6.07) is 6.59. The van der Waals surface area contributed by atoms with Gasteiger partial charge in [0.2, 0.25) is 5.91 Å². The van der Waals surface area contributed by atoms with Crippen molar-refractivity contribution >= 4 is 5.91 Å². The quantitative estimate of drug-likeness (QED) is 0.905. The Hall–Kier alpha value is -1.55. The zero-order valence-electron chi connectivity index (χ0n) is 15.9. The molecule has 1 spiro atoms. The first-order chi connectivity index (χ1) is 12.0. The summed E-state index contributed by atoms with van der Waals surface area (Å²) in [5, 5.41) is 3.03. The Balaban J connectivity index is 1.64. The lowest BCUT2D eigenvalue weighted by molar-refractivity contribution is -0.121. The highest BCUT2D eigenvalue weighted by Gasteiger charge is 2.36. The summed E-state index contributed by atoms with van der Waals surface area (Å²) in [5.74, 6) is 1.76. The number of hydrogen-bond donors (Lipinski definition) is 1. The number of likely N-dealkylation sites (tertiary alicyclic amines) is 1. The van der Waals surface area contributed by atoms with Gasteiger partial charge < -0.3 is 10.1 Å². The monoisotopic (exact) mass is 344 g/mol. The molecule has 138 valence electrons. The number of amides is 1. The number of nitrogens with zero attached hydrogens (tertiary/aromatic N) is 1. The van der Waals surface area contributed by atoms with E-state index in [0.29, 0.717) is 17.8 Å². The van der Waals surface area contributed by atoms with Crippen molar-refractivity contribution in [2.75, 3.05) is 26.7 Å². The second-order valence-corrected chi connectivity index (χ2v) is 8.10. The van der Waals surface area contributed by atoms with Crippen molar-refractivity contribution in [1.29, 1.82) is 0 Å². The summed E-state index contributed by atoms with van der Waals surface area (Å²) < 4.78 is 5.59. The van der Waals surface area contributed by atoms with Crippen LogP contribution in [0.4, 0.5) is 0 Å². The fourth-order valence-corrected chi connectivity index (χ4v) is 4.27. The Morgan fingerprint density at radius 3 is 2.64 bits per heavy atom. The predicted molar refractivity (Wildman–Crippen MR) is 101 cm³/mol. The second-order valence-electron chi connectivity index (χ2n) is 8.10. The number of ether oxygens (including phenoxy) is 1. The highest BCUT2D eigenvalue weighted by Crippen LogP contribution is 2.40. The Bertz CT molecular complexity index is 604. The molecule has 0 aliphatic carbocycles. The van der Waals surface area contributed by atoms with Gasteiger partial charge in [-0.15, -0.1) is 0 Å². The van der Waals surface area contributed by atoms with Gasteiger partial charge >= 0.3 is 0 Å². The SMILES string of the molecule is COc1ccc(C(C)C)cc1CN1CCC2(CCNC(=O)CC2)CC1. The highest BCUT2D eigenvalue weighted by molar-refractivity contribution is 5.76. The van der Waals surface area contributed by atoms with E-state index in [1.165, 1.54) is 24.0 Å². The minimum atomic E-state index is 0.231. The van der Waals surface area contributed by atoms with Crippen molar-refractivity contribution in [2.24, 2.45) is 5.41 Å². The molecule has 2 saturated heterocycles. The average Bonchev–Trinajstić information content (AvgIpc) is 2.79. The van der Waals surface area contributed by atoms with Crippen LogP contribution in [0.1, 0.15) is 63.0 Å². The molecule has 0 bridgehead atoms. The van der Waals surface area contributed by atoms with Crippen molar-refractivity contribution in [1.82, 2.24) is 10.2 Å². The number of methoxy groups -OCH3 is 1.